The Balaban J connectivity index is 2.95. The van der Waals surface area contributed by atoms with Crippen LogP contribution in [0.3, 0.4) is 0 Å². The van der Waals surface area contributed by atoms with Crippen LogP contribution in [0.4, 0.5) is 5.69 Å². The van der Waals surface area contributed by atoms with E-state index in [0.29, 0.717) is 6.04 Å². The van der Waals surface area contributed by atoms with Crippen molar-refractivity contribution in [3.05, 3.63) is 29.3 Å². The van der Waals surface area contributed by atoms with Crippen LogP contribution in [0.1, 0.15) is 25.0 Å². The van der Waals surface area contributed by atoms with E-state index in [1.165, 1.54) is 5.69 Å². The second-order valence-electron chi connectivity index (χ2n) is 5.01. The van der Waals surface area contributed by atoms with Gasteiger partial charge in [0.05, 0.1) is 11.6 Å². The first kappa shape index (κ1) is 14.5. The number of rotatable bonds is 5. The average molecular weight is 245 g/mol. The van der Waals surface area contributed by atoms with E-state index >= 15 is 0 Å². The predicted octanol–water partition coefficient (Wildman–Crippen LogP) is 2.64. The van der Waals surface area contributed by atoms with Gasteiger partial charge < -0.3 is 9.80 Å². The third-order valence-corrected chi connectivity index (χ3v) is 3.16. The molecule has 0 fully saturated rings. The number of anilines is 1. The monoisotopic (exact) mass is 245 g/mol. The number of aryl methyl sites for hydroxylation is 1. The van der Waals surface area contributed by atoms with Gasteiger partial charge in [0.25, 0.3) is 0 Å². The summed E-state index contributed by atoms with van der Waals surface area (Å²) in [6.07, 6.45) is 0. The third-order valence-electron chi connectivity index (χ3n) is 3.16. The van der Waals surface area contributed by atoms with Gasteiger partial charge in [-0.15, -0.1) is 0 Å². The molecule has 0 aliphatic carbocycles. The molecule has 1 aromatic carbocycles. The molecule has 0 heterocycles. The fraction of sp³-hybridized carbons (Fsp3) is 0.533. The lowest BCUT2D eigenvalue weighted by atomic mass is 10.1. The summed E-state index contributed by atoms with van der Waals surface area (Å²) in [4.78, 5) is 4.57. The molecular formula is C15H23N3. The molecule has 0 spiro atoms. The summed E-state index contributed by atoms with van der Waals surface area (Å²) >= 11 is 0. The molecule has 0 saturated carbocycles. The quantitative estimate of drug-likeness (QED) is 0.799. The first-order valence-electron chi connectivity index (χ1n) is 6.41. The molecule has 0 radical (unpaired) electrons. The Labute approximate surface area is 111 Å². The Hall–Kier alpha value is -1.53. The Kier molecular flexibility index (Phi) is 5.18. The molecule has 98 valence electrons. The normalized spacial score (nSPS) is 12.3. The molecule has 0 bridgehead atoms. The van der Waals surface area contributed by atoms with Gasteiger partial charge in [0.1, 0.15) is 0 Å². The Morgan fingerprint density at radius 3 is 2.44 bits per heavy atom. The highest BCUT2D eigenvalue weighted by molar-refractivity contribution is 5.54. The molecule has 1 unspecified atom stereocenters. The molecule has 0 aliphatic heterocycles. The van der Waals surface area contributed by atoms with E-state index in [1.54, 1.807) is 0 Å². The topological polar surface area (TPSA) is 30.3 Å². The minimum absolute atomic E-state index is 0.456. The number of hydrogen-bond donors (Lipinski definition) is 0. The Morgan fingerprint density at radius 1 is 1.33 bits per heavy atom. The van der Waals surface area contributed by atoms with Gasteiger partial charge in [-0.1, -0.05) is 0 Å². The van der Waals surface area contributed by atoms with Gasteiger partial charge in [0.15, 0.2) is 0 Å². The third kappa shape index (κ3) is 3.48. The van der Waals surface area contributed by atoms with Crippen LogP contribution in [-0.4, -0.2) is 38.1 Å². The van der Waals surface area contributed by atoms with Crippen molar-refractivity contribution >= 4 is 5.69 Å². The summed E-state index contributed by atoms with van der Waals surface area (Å²) in [6, 6.07) is 8.73. The smallest absolute Gasteiger partial charge is 0.0994 e. The summed E-state index contributed by atoms with van der Waals surface area (Å²) in [5.41, 5.74) is 3.00. The van der Waals surface area contributed by atoms with Crippen LogP contribution in [0, 0.1) is 18.3 Å². The van der Waals surface area contributed by atoms with Crippen LogP contribution in [0.2, 0.25) is 0 Å². The van der Waals surface area contributed by atoms with Crippen LogP contribution in [-0.2, 0) is 0 Å². The van der Waals surface area contributed by atoms with Gasteiger partial charge >= 0.3 is 0 Å². The van der Waals surface area contributed by atoms with E-state index in [4.69, 9.17) is 5.26 Å². The van der Waals surface area contributed by atoms with Crippen LogP contribution in [0.25, 0.3) is 0 Å². The first-order valence-corrected chi connectivity index (χ1v) is 6.41. The van der Waals surface area contributed by atoms with E-state index in [9.17, 15) is 0 Å². The molecular weight excluding hydrogens is 222 g/mol. The van der Waals surface area contributed by atoms with Crippen molar-refractivity contribution < 1.29 is 0 Å². The molecule has 3 nitrogen and oxygen atoms in total. The van der Waals surface area contributed by atoms with Gasteiger partial charge in [-0.05, 0) is 58.6 Å². The lowest BCUT2D eigenvalue weighted by molar-refractivity contribution is 0.373. The van der Waals surface area contributed by atoms with Crippen molar-refractivity contribution in [3.63, 3.8) is 0 Å². The highest BCUT2D eigenvalue weighted by Crippen LogP contribution is 2.21. The lowest BCUT2D eigenvalue weighted by Gasteiger charge is -2.32. The maximum absolute atomic E-state index is 8.96. The van der Waals surface area contributed by atoms with Crippen LogP contribution < -0.4 is 4.90 Å². The minimum Gasteiger partial charge on any atom is -0.368 e. The molecule has 0 amide bonds. The first-order chi connectivity index (χ1) is 8.49. The number of nitriles is 1. The van der Waals surface area contributed by atoms with Gasteiger partial charge in [-0.25, -0.2) is 0 Å². The average Bonchev–Trinajstić information content (AvgIpc) is 2.29. The van der Waals surface area contributed by atoms with Crippen LogP contribution >= 0.6 is 0 Å². The fourth-order valence-electron chi connectivity index (χ4n) is 2.33. The van der Waals surface area contributed by atoms with Gasteiger partial charge in [0, 0.05) is 24.8 Å². The highest BCUT2D eigenvalue weighted by atomic mass is 15.2. The van der Waals surface area contributed by atoms with Gasteiger partial charge in [-0.3, -0.25) is 0 Å². The summed E-state index contributed by atoms with van der Waals surface area (Å²) in [5, 5.41) is 8.96. The van der Waals surface area contributed by atoms with E-state index < -0.39 is 0 Å². The molecule has 1 atom stereocenters. The van der Waals surface area contributed by atoms with E-state index in [1.807, 2.05) is 19.1 Å². The highest BCUT2D eigenvalue weighted by Gasteiger charge is 2.14. The summed E-state index contributed by atoms with van der Waals surface area (Å²) in [5.74, 6) is 0. The van der Waals surface area contributed by atoms with Crippen molar-refractivity contribution in [1.29, 1.82) is 5.26 Å². The van der Waals surface area contributed by atoms with Crippen molar-refractivity contribution in [1.82, 2.24) is 4.90 Å². The summed E-state index contributed by atoms with van der Waals surface area (Å²) in [6.45, 7) is 8.39. The minimum atomic E-state index is 0.456. The summed E-state index contributed by atoms with van der Waals surface area (Å²) in [7, 11) is 4.18. The maximum atomic E-state index is 8.96. The number of likely N-dealkylation sites (N-methyl/N-ethyl adjacent to an activating group) is 2. The second kappa shape index (κ2) is 6.42. The van der Waals surface area contributed by atoms with Crippen LogP contribution in [0.5, 0.6) is 0 Å². The molecule has 3 heteroatoms. The van der Waals surface area contributed by atoms with Crippen molar-refractivity contribution in [2.75, 3.05) is 32.1 Å². The van der Waals surface area contributed by atoms with Crippen LogP contribution in [0.15, 0.2) is 18.2 Å². The standard InChI is InChI=1S/C15H23N3/c1-6-18(13(3)11-17(4)5)15-8-7-14(10-16)12(2)9-15/h7-9,13H,6,11H2,1-5H3. The molecule has 18 heavy (non-hydrogen) atoms. The molecule has 1 rings (SSSR count). The van der Waals surface area contributed by atoms with E-state index in [2.05, 4.69) is 49.9 Å². The largest absolute Gasteiger partial charge is 0.368 e. The van der Waals surface area contributed by atoms with E-state index in [0.717, 1.165) is 24.2 Å². The summed E-state index contributed by atoms with van der Waals surface area (Å²) < 4.78 is 0. The number of hydrogen-bond acceptors (Lipinski definition) is 3. The number of nitrogens with zero attached hydrogens (tertiary/aromatic N) is 3. The Bertz CT molecular complexity index is 432. The SMILES string of the molecule is CCN(c1ccc(C#N)c(C)c1)C(C)CN(C)C. The van der Waals surface area contributed by atoms with Crippen molar-refractivity contribution in [2.24, 2.45) is 0 Å². The fourth-order valence-corrected chi connectivity index (χ4v) is 2.33. The zero-order valence-electron chi connectivity index (χ0n) is 12.1. The Morgan fingerprint density at radius 2 is 2.00 bits per heavy atom. The molecule has 0 aromatic heterocycles. The predicted molar refractivity (Wildman–Crippen MR) is 76.9 cm³/mol. The number of benzene rings is 1. The van der Waals surface area contributed by atoms with E-state index in [-0.39, 0.29) is 0 Å². The van der Waals surface area contributed by atoms with Crippen molar-refractivity contribution in [3.8, 4) is 6.07 Å². The molecule has 0 aliphatic rings. The molecule has 0 saturated heterocycles. The molecule has 1 aromatic rings. The zero-order chi connectivity index (χ0) is 13.7. The molecule has 0 N–H and O–H groups in total. The maximum Gasteiger partial charge on any atom is 0.0994 e. The second-order valence-corrected chi connectivity index (χ2v) is 5.01. The lowest BCUT2D eigenvalue weighted by Crippen LogP contribution is -2.40. The van der Waals surface area contributed by atoms with Crippen molar-refractivity contribution in [2.45, 2.75) is 26.8 Å². The van der Waals surface area contributed by atoms with Gasteiger partial charge in [-0.2, -0.15) is 5.26 Å². The zero-order valence-corrected chi connectivity index (χ0v) is 12.1. The van der Waals surface area contributed by atoms with Gasteiger partial charge in [0.2, 0.25) is 0 Å².